The zero-order chi connectivity index (χ0) is 16.6. The third-order valence-electron chi connectivity index (χ3n) is 4.18. The molecule has 0 aromatic carbocycles. The van der Waals surface area contributed by atoms with Gasteiger partial charge in [-0.05, 0) is 48.6 Å². The maximum Gasteiger partial charge on any atom is 0.227 e. The van der Waals surface area contributed by atoms with E-state index >= 15 is 0 Å². The molecular formula is C20H16N5+. The molecule has 0 saturated carbocycles. The first-order valence-electron chi connectivity index (χ1n) is 8.19. The Labute approximate surface area is 144 Å². The number of nitrogens with one attached hydrogen (secondary N) is 1. The average Bonchev–Trinajstić information content (AvgIpc) is 3.31. The molecule has 0 amide bonds. The van der Waals surface area contributed by atoms with Crippen LogP contribution in [0.1, 0.15) is 11.4 Å². The van der Waals surface area contributed by atoms with E-state index in [1.165, 1.54) is 0 Å². The van der Waals surface area contributed by atoms with Crippen molar-refractivity contribution in [2.24, 2.45) is 4.99 Å². The van der Waals surface area contributed by atoms with E-state index in [9.17, 15) is 0 Å². The molecular weight excluding hydrogens is 310 g/mol. The van der Waals surface area contributed by atoms with Gasteiger partial charge in [-0.15, -0.1) is 0 Å². The Bertz CT molecular complexity index is 1120. The molecule has 3 aliphatic heterocycles. The third-order valence-corrected chi connectivity index (χ3v) is 4.18. The van der Waals surface area contributed by atoms with Crippen LogP contribution in [0.25, 0.3) is 18.4 Å². The molecule has 0 aliphatic carbocycles. The summed E-state index contributed by atoms with van der Waals surface area (Å²) in [6.07, 6.45) is 16.3. The van der Waals surface area contributed by atoms with Crippen LogP contribution in [0.3, 0.4) is 0 Å². The second-order valence-corrected chi connectivity index (χ2v) is 6.17. The van der Waals surface area contributed by atoms with E-state index in [2.05, 4.69) is 49.0 Å². The van der Waals surface area contributed by atoms with Crippen molar-refractivity contribution in [3.63, 3.8) is 0 Å². The molecule has 1 N–H and O–H groups in total. The summed E-state index contributed by atoms with van der Waals surface area (Å²) in [5.74, 6) is 0. The van der Waals surface area contributed by atoms with Crippen molar-refractivity contribution < 1.29 is 4.58 Å². The maximum absolute atomic E-state index is 4.69. The summed E-state index contributed by atoms with van der Waals surface area (Å²) in [6, 6.07) is 10.2. The molecule has 5 nitrogen and oxygen atoms in total. The molecule has 3 aliphatic rings. The highest BCUT2D eigenvalue weighted by Gasteiger charge is 2.15. The van der Waals surface area contributed by atoms with Crippen molar-refractivity contribution in [3.05, 3.63) is 82.7 Å². The first-order valence-corrected chi connectivity index (χ1v) is 8.19. The quantitative estimate of drug-likeness (QED) is 0.739. The van der Waals surface area contributed by atoms with E-state index in [0.717, 1.165) is 40.2 Å². The molecule has 5 rings (SSSR count). The molecule has 120 valence electrons. The van der Waals surface area contributed by atoms with Gasteiger partial charge in [0, 0.05) is 11.5 Å². The summed E-state index contributed by atoms with van der Waals surface area (Å²) in [5, 5.41) is 2.09. The standard InChI is InChI=1S/C20H16N5/c1-2-15-10-17-4-6-19(22-17)12-24-8-9-25(14-24)13-20-7-5-18(23-20)11-16(3-1)21-15/h1-13,22H,14H2/q+1. The lowest BCUT2D eigenvalue weighted by Crippen LogP contribution is -2.20. The van der Waals surface area contributed by atoms with Crippen molar-refractivity contribution in [3.8, 4) is 0 Å². The number of rotatable bonds is 0. The molecule has 0 spiro atoms. The lowest BCUT2D eigenvalue weighted by atomic mass is 10.2. The Kier molecular flexibility index (Phi) is 3.10. The van der Waals surface area contributed by atoms with E-state index in [4.69, 9.17) is 0 Å². The van der Waals surface area contributed by atoms with Crippen LogP contribution in [0.5, 0.6) is 0 Å². The Hall–Kier alpha value is -3.47. The molecule has 5 heteroatoms. The number of pyridine rings is 1. The van der Waals surface area contributed by atoms with Crippen LogP contribution in [0.15, 0.2) is 65.6 Å². The predicted molar refractivity (Wildman–Crippen MR) is 99.0 cm³/mol. The van der Waals surface area contributed by atoms with Gasteiger partial charge in [-0.3, -0.25) is 4.90 Å². The van der Waals surface area contributed by atoms with E-state index in [0.29, 0.717) is 0 Å². The number of aromatic amines is 1. The van der Waals surface area contributed by atoms with Crippen molar-refractivity contribution in [1.29, 1.82) is 0 Å². The molecule has 0 atom stereocenters. The number of H-pyrrole nitrogens is 1. The van der Waals surface area contributed by atoms with Gasteiger partial charge < -0.3 is 4.98 Å². The minimum Gasteiger partial charge on any atom is -0.354 e. The van der Waals surface area contributed by atoms with Crippen LogP contribution in [-0.2, 0) is 0 Å². The minimum absolute atomic E-state index is 0.768. The van der Waals surface area contributed by atoms with Gasteiger partial charge in [0.2, 0.25) is 6.67 Å². The largest absolute Gasteiger partial charge is 0.354 e. The van der Waals surface area contributed by atoms with E-state index in [1.807, 2.05) is 54.9 Å². The zero-order valence-electron chi connectivity index (χ0n) is 13.5. The van der Waals surface area contributed by atoms with Gasteiger partial charge in [0.25, 0.3) is 0 Å². The van der Waals surface area contributed by atoms with Gasteiger partial charge in [0.05, 0.1) is 28.6 Å². The van der Waals surface area contributed by atoms with Crippen LogP contribution in [0.4, 0.5) is 0 Å². The van der Waals surface area contributed by atoms with E-state index in [-0.39, 0.29) is 0 Å². The highest BCUT2D eigenvalue weighted by Crippen LogP contribution is 2.13. The molecule has 8 bridgehead atoms. The van der Waals surface area contributed by atoms with Crippen molar-refractivity contribution in [2.45, 2.75) is 0 Å². The molecule has 2 aromatic rings. The monoisotopic (exact) mass is 326 g/mol. The molecule has 5 heterocycles. The lowest BCUT2D eigenvalue weighted by Gasteiger charge is -2.02. The Balaban J connectivity index is 1.69. The number of aliphatic imine (C=N–C) groups is 1. The number of allylic oxidation sites excluding steroid dienone is 2. The second-order valence-electron chi connectivity index (χ2n) is 6.17. The summed E-state index contributed by atoms with van der Waals surface area (Å²) in [5.41, 5.74) is 3.67. The van der Waals surface area contributed by atoms with Crippen molar-refractivity contribution in [2.75, 3.05) is 6.67 Å². The topological polar surface area (TPSA) is 47.3 Å². The highest BCUT2D eigenvalue weighted by molar-refractivity contribution is 6.35. The first kappa shape index (κ1) is 13.9. The number of hydrogen-bond donors (Lipinski definition) is 1. The van der Waals surface area contributed by atoms with Crippen LogP contribution in [-0.4, -0.2) is 38.0 Å². The van der Waals surface area contributed by atoms with E-state index in [1.54, 1.807) is 0 Å². The number of nitrogens with zero attached hydrogens (tertiary/aromatic N) is 4. The molecule has 0 unspecified atom stereocenters. The Morgan fingerprint density at radius 3 is 2.84 bits per heavy atom. The second kappa shape index (κ2) is 5.56. The lowest BCUT2D eigenvalue weighted by molar-refractivity contribution is -0.453. The zero-order valence-corrected chi connectivity index (χ0v) is 13.5. The molecule has 0 fully saturated rings. The fraction of sp³-hybridized carbons (Fsp3) is 0.0500. The summed E-state index contributed by atoms with van der Waals surface area (Å²) < 4.78 is 2.11. The van der Waals surface area contributed by atoms with Crippen LogP contribution >= 0.6 is 0 Å². The highest BCUT2D eigenvalue weighted by atomic mass is 15.3. The molecule has 0 saturated heterocycles. The third kappa shape index (κ3) is 2.87. The SMILES string of the molecule is C1=CC2=NC1=Cc1cccc(n1)C=c1ccc([nH]1)=CN1C=C[N+](=C2)C1. The Morgan fingerprint density at radius 2 is 1.88 bits per heavy atom. The predicted octanol–water partition coefficient (Wildman–Crippen LogP) is 1.17. The van der Waals surface area contributed by atoms with Gasteiger partial charge in [-0.2, -0.15) is 4.58 Å². The first-order chi connectivity index (χ1) is 12.3. The number of hydrogen-bond acceptors (Lipinski definition) is 3. The van der Waals surface area contributed by atoms with Gasteiger partial charge >= 0.3 is 0 Å². The fourth-order valence-corrected chi connectivity index (χ4v) is 3.05. The van der Waals surface area contributed by atoms with Crippen molar-refractivity contribution >= 4 is 30.3 Å². The molecule has 0 radical (unpaired) electrons. The minimum atomic E-state index is 0.768. The summed E-state index contributed by atoms with van der Waals surface area (Å²) >= 11 is 0. The van der Waals surface area contributed by atoms with E-state index < -0.39 is 0 Å². The van der Waals surface area contributed by atoms with Crippen LogP contribution < -0.4 is 10.7 Å². The van der Waals surface area contributed by atoms with Crippen LogP contribution in [0.2, 0.25) is 0 Å². The number of aromatic nitrogens is 2. The number of fused-ring (bicyclic) bond motifs is 7. The fourth-order valence-electron chi connectivity index (χ4n) is 3.05. The summed E-state index contributed by atoms with van der Waals surface area (Å²) in [6.45, 7) is 0.768. The average molecular weight is 326 g/mol. The summed E-state index contributed by atoms with van der Waals surface area (Å²) in [7, 11) is 0. The van der Waals surface area contributed by atoms with Gasteiger partial charge in [-0.1, -0.05) is 6.07 Å². The van der Waals surface area contributed by atoms with Gasteiger partial charge in [0.1, 0.15) is 5.71 Å². The maximum atomic E-state index is 4.69. The van der Waals surface area contributed by atoms with Crippen LogP contribution in [0, 0.1) is 0 Å². The van der Waals surface area contributed by atoms with Gasteiger partial charge in [-0.25, -0.2) is 9.98 Å². The van der Waals surface area contributed by atoms with Crippen molar-refractivity contribution in [1.82, 2.24) is 14.9 Å². The smallest absolute Gasteiger partial charge is 0.227 e. The van der Waals surface area contributed by atoms with Gasteiger partial charge in [0.15, 0.2) is 12.4 Å². The normalized spacial score (nSPS) is 17.6. The Morgan fingerprint density at radius 1 is 1.00 bits per heavy atom. The molecule has 25 heavy (non-hydrogen) atoms. The molecule has 2 aromatic heterocycles. The summed E-state index contributed by atoms with van der Waals surface area (Å²) in [4.78, 5) is 14.9.